The summed E-state index contributed by atoms with van der Waals surface area (Å²) >= 11 is 0. The van der Waals surface area contributed by atoms with Gasteiger partial charge in [-0.05, 0) is 38.1 Å². The molecule has 1 rings (SSSR count). The quantitative estimate of drug-likeness (QED) is 0.471. The third-order valence-electron chi connectivity index (χ3n) is 3.15. The van der Waals surface area contributed by atoms with Crippen molar-refractivity contribution in [3.63, 3.8) is 0 Å². The molecule has 0 aliphatic heterocycles. The molecule has 0 amide bonds. The van der Waals surface area contributed by atoms with Gasteiger partial charge in [0.25, 0.3) is 0 Å². The smallest absolute Gasteiger partial charge is 0.185 e. The Morgan fingerprint density at radius 3 is 2.09 bits per heavy atom. The molecular weight excluding hydrogens is 290 g/mol. The van der Waals surface area contributed by atoms with Crippen LogP contribution in [0.2, 0.25) is 0 Å². The fourth-order valence-electron chi connectivity index (χ4n) is 1.87. The van der Waals surface area contributed by atoms with Crippen molar-refractivity contribution in [2.45, 2.75) is 13.8 Å². The monoisotopic (exact) mass is 307 g/mol. The fraction of sp³-hybridized carbons (Fsp3) is 0.250. The second-order valence-corrected chi connectivity index (χ2v) is 4.42. The van der Waals surface area contributed by atoms with Crippen LogP contribution in [-0.2, 0) is 0 Å². The Kier molecular flexibility index (Phi) is 6.65. The molecule has 0 aliphatic carbocycles. The van der Waals surface area contributed by atoms with Crippen LogP contribution < -0.4 is 16.1 Å². The highest BCUT2D eigenvalue weighted by molar-refractivity contribution is 6.12. The summed E-state index contributed by atoms with van der Waals surface area (Å²) in [7, 11) is 0. The zero-order valence-corrected chi connectivity index (χ0v) is 13.0. The third-order valence-corrected chi connectivity index (χ3v) is 3.15. The Morgan fingerprint density at radius 2 is 1.65 bits per heavy atom. The average molecular weight is 307 g/mol. The molecule has 116 valence electrons. The third kappa shape index (κ3) is 4.49. The Bertz CT molecular complexity index is 704. The van der Waals surface area contributed by atoms with Crippen molar-refractivity contribution in [2.24, 2.45) is 10.8 Å². The van der Waals surface area contributed by atoms with Crippen molar-refractivity contribution in [3.05, 3.63) is 35.5 Å². The van der Waals surface area contributed by atoms with Gasteiger partial charge in [-0.15, -0.1) is 0 Å². The molecule has 0 spiro atoms. The highest BCUT2D eigenvalue weighted by Gasteiger charge is 2.09. The number of anilines is 2. The second-order valence-electron chi connectivity index (χ2n) is 4.42. The minimum absolute atomic E-state index is 0.212. The topological polar surface area (TPSA) is 125 Å². The maximum Gasteiger partial charge on any atom is 0.185 e. The molecule has 0 aliphatic rings. The Morgan fingerprint density at radius 1 is 1.09 bits per heavy atom. The number of benzene rings is 1. The van der Waals surface area contributed by atoms with E-state index in [1.807, 2.05) is 24.3 Å². The van der Waals surface area contributed by atoms with Crippen LogP contribution in [-0.4, -0.2) is 18.8 Å². The van der Waals surface area contributed by atoms with E-state index in [0.717, 1.165) is 18.8 Å². The molecule has 23 heavy (non-hydrogen) atoms. The highest BCUT2D eigenvalue weighted by Crippen LogP contribution is 2.17. The number of allylic oxidation sites excluding steroid dienone is 2. The molecule has 1 aromatic carbocycles. The number of nitrogens with zero attached hydrogens (tertiary/aromatic N) is 5. The SMILES string of the molecule is CCN(CC)c1ccc(N/N=C(/C#N)C(N)=C(C#N)C#N)cc1. The summed E-state index contributed by atoms with van der Waals surface area (Å²) in [6, 6.07) is 12.5. The molecule has 7 nitrogen and oxygen atoms in total. The van der Waals surface area contributed by atoms with E-state index in [9.17, 15) is 0 Å². The maximum atomic E-state index is 9.03. The zero-order chi connectivity index (χ0) is 17.2. The van der Waals surface area contributed by atoms with Gasteiger partial charge >= 0.3 is 0 Å². The molecule has 7 heteroatoms. The fourth-order valence-corrected chi connectivity index (χ4v) is 1.87. The molecule has 0 fully saturated rings. The molecule has 0 aromatic heterocycles. The van der Waals surface area contributed by atoms with E-state index in [-0.39, 0.29) is 17.0 Å². The van der Waals surface area contributed by atoms with Gasteiger partial charge in [0.2, 0.25) is 0 Å². The Hall–Kier alpha value is -3.50. The first-order chi connectivity index (χ1) is 11.1. The van der Waals surface area contributed by atoms with E-state index in [0.29, 0.717) is 5.69 Å². The van der Waals surface area contributed by atoms with Crippen molar-refractivity contribution in [1.82, 2.24) is 0 Å². The molecule has 1 aromatic rings. The van der Waals surface area contributed by atoms with E-state index < -0.39 is 0 Å². The van der Waals surface area contributed by atoms with Gasteiger partial charge in [-0.2, -0.15) is 20.9 Å². The standard InChI is InChI=1S/C16H17N7/c1-3-23(4-2)14-7-5-13(6-8-14)21-22-15(11-19)16(20)12(9-17)10-18/h5-8,21H,3-4,20H2,1-2H3/b22-15-. The molecular formula is C16H17N7. The summed E-state index contributed by atoms with van der Waals surface area (Å²) < 4.78 is 0. The van der Waals surface area contributed by atoms with Gasteiger partial charge in [-0.25, -0.2) is 0 Å². The number of nitrogens with two attached hydrogens (primary N) is 1. The number of hydrogen-bond donors (Lipinski definition) is 2. The lowest BCUT2D eigenvalue weighted by atomic mass is 10.2. The Labute approximate surface area is 135 Å². The first-order valence-electron chi connectivity index (χ1n) is 7.00. The zero-order valence-electron chi connectivity index (χ0n) is 13.0. The van der Waals surface area contributed by atoms with Crippen LogP contribution in [0.4, 0.5) is 11.4 Å². The normalized spacial score (nSPS) is 9.96. The Balaban J connectivity index is 2.96. The van der Waals surface area contributed by atoms with Crippen LogP contribution in [0.3, 0.4) is 0 Å². The molecule has 0 unspecified atom stereocenters. The van der Waals surface area contributed by atoms with Crippen molar-refractivity contribution in [1.29, 1.82) is 15.8 Å². The van der Waals surface area contributed by atoms with Gasteiger partial charge in [-0.1, -0.05) is 0 Å². The molecule has 0 bridgehead atoms. The van der Waals surface area contributed by atoms with E-state index in [1.54, 1.807) is 18.2 Å². The van der Waals surface area contributed by atoms with Crippen molar-refractivity contribution in [3.8, 4) is 18.2 Å². The van der Waals surface area contributed by atoms with E-state index >= 15 is 0 Å². The molecule has 0 saturated heterocycles. The number of hydrogen-bond acceptors (Lipinski definition) is 7. The second kappa shape index (κ2) is 8.71. The van der Waals surface area contributed by atoms with E-state index in [4.69, 9.17) is 21.5 Å². The van der Waals surface area contributed by atoms with Crippen molar-refractivity contribution >= 4 is 17.1 Å². The highest BCUT2D eigenvalue weighted by atomic mass is 15.3. The summed E-state index contributed by atoms with van der Waals surface area (Å²) in [5.74, 6) is 0. The minimum atomic E-state index is -0.344. The molecule has 0 radical (unpaired) electrons. The molecule has 3 N–H and O–H groups in total. The number of rotatable bonds is 6. The van der Waals surface area contributed by atoms with Gasteiger partial charge in [-0.3, -0.25) is 5.43 Å². The first kappa shape index (κ1) is 17.6. The van der Waals surface area contributed by atoms with Crippen LogP contribution in [0, 0.1) is 34.0 Å². The summed E-state index contributed by atoms with van der Waals surface area (Å²) in [6.07, 6.45) is 0. The van der Waals surface area contributed by atoms with Crippen molar-refractivity contribution < 1.29 is 0 Å². The largest absolute Gasteiger partial charge is 0.395 e. The predicted molar refractivity (Wildman–Crippen MR) is 89.1 cm³/mol. The average Bonchev–Trinajstić information content (AvgIpc) is 2.59. The lowest BCUT2D eigenvalue weighted by molar-refractivity contribution is 0.866. The van der Waals surface area contributed by atoms with E-state index in [1.165, 1.54) is 0 Å². The van der Waals surface area contributed by atoms with Crippen LogP contribution in [0.1, 0.15) is 13.8 Å². The van der Waals surface area contributed by atoms with Crippen molar-refractivity contribution in [2.75, 3.05) is 23.4 Å². The molecule has 0 saturated carbocycles. The summed E-state index contributed by atoms with van der Waals surface area (Å²) in [4.78, 5) is 2.20. The summed E-state index contributed by atoms with van der Waals surface area (Å²) in [5, 5.41) is 30.4. The lowest BCUT2D eigenvalue weighted by Crippen LogP contribution is -2.21. The number of hydrazone groups is 1. The molecule has 0 atom stereocenters. The van der Waals surface area contributed by atoms with Crippen LogP contribution in [0.5, 0.6) is 0 Å². The maximum absolute atomic E-state index is 9.03. The summed E-state index contributed by atoms with van der Waals surface area (Å²) in [5.41, 5.74) is 9.23. The first-order valence-corrected chi connectivity index (χ1v) is 7.00. The number of nitrogens with one attached hydrogen (secondary N) is 1. The van der Waals surface area contributed by atoms with Gasteiger partial charge in [0.05, 0.1) is 11.4 Å². The van der Waals surface area contributed by atoms with E-state index in [2.05, 4.69) is 29.3 Å². The van der Waals surface area contributed by atoms with Gasteiger partial charge in [0.1, 0.15) is 18.2 Å². The predicted octanol–water partition coefficient (Wildman–Crippen LogP) is 2.08. The molecule has 0 heterocycles. The van der Waals surface area contributed by atoms with Crippen LogP contribution in [0.15, 0.2) is 40.6 Å². The van der Waals surface area contributed by atoms with Gasteiger partial charge in [0.15, 0.2) is 11.3 Å². The lowest BCUT2D eigenvalue weighted by Gasteiger charge is -2.21. The van der Waals surface area contributed by atoms with Gasteiger partial charge < -0.3 is 10.6 Å². The van der Waals surface area contributed by atoms with Gasteiger partial charge in [0, 0.05) is 18.8 Å². The van der Waals surface area contributed by atoms with Crippen LogP contribution in [0.25, 0.3) is 0 Å². The number of nitriles is 3. The van der Waals surface area contributed by atoms with Crippen LogP contribution >= 0.6 is 0 Å². The summed E-state index contributed by atoms with van der Waals surface area (Å²) in [6.45, 7) is 5.98. The minimum Gasteiger partial charge on any atom is -0.395 e.